The van der Waals surface area contributed by atoms with Crippen LogP contribution in [-0.4, -0.2) is 54.5 Å². The molecule has 0 aromatic heterocycles. The number of carbonyl (C=O) groups excluding carboxylic acids is 3. The van der Waals surface area contributed by atoms with E-state index >= 15 is 0 Å². The van der Waals surface area contributed by atoms with E-state index in [4.69, 9.17) is 4.74 Å². The Bertz CT molecular complexity index is 1650. The van der Waals surface area contributed by atoms with Crippen molar-refractivity contribution >= 4 is 52.0 Å². The highest BCUT2D eigenvalue weighted by Crippen LogP contribution is 2.38. The van der Waals surface area contributed by atoms with E-state index in [0.29, 0.717) is 23.9 Å². The van der Waals surface area contributed by atoms with Gasteiger partial charge in [0.25, 0.3) is 5.69 Å². The van der Waals surface area contributed by atoms with Crippen molar-refractivity contribution in [3.05, 3.63) is 92.0 Å². The summed E-state index contributed by atoms with van der Waals surface area (Å²) in [5.74, 6) is -0.931. The zero-order valence-electron chi connectivity index (χ0n) is 23.5. The molecule has 0 bridgehead atoms. The molecule has 226 valence electrons. The van der Waals surface area contributed by atoms with Crippen LogP contribution in [0.15, 0.2) is 70.9 Å². The van der Waals surface area contributed by atoms with Crippen molar-refractivity contribution in [1.29, 1.82) is 5.26 Å². The molecule has 0 aliphatic heterocycles. The molecule has 16 heteroatoms. The number of amides is 1. The molecule has 3 aromatic rings. The van der Waals surface area contributed by atoms with Gasteiger partial charge < -0.3 is 14.4 Å². The SMILES string of the molecule is CCN(CCC(=O)OCC(=O)c1ccccc1)c1ccc(/N=N/c2c(C#N)cc([N+](=O)[O-])cc2[N+](=O)[O-])c(NC(=O)OC)c1. The number of hydrogen-bond acceptors (Lipinski definition) is 13. The number of methoxy groups -OCH3 is 1. The molecule has 16 nitrogen and oxygen atoms in total. The first-order chi connectivity index (χ1) is 21.1. The Balaban J connectivity index is 1.83. The van der Waals surface area contributed by atoms with Crippen molar-refractivity contribution in [2.45, 2.75) is 13.3 Å². The van der Waals surface area contributed by atoms with Crippen LogP contribution in [0.4, 0.5) is 38.9 Å². The molecule has 0 saturated heterocycles. The predicted molar refractivity (Wildman–Crippen MR) is 155 cm³/mol. The van der Waals surface area contributed by atoms with Crippen molar-refractivity contribution in [3.63, 3.8) is 0 Å². The Kier molecular flexibility index (Phi) is 11.1. The van der Waals surface area contributed by atoms with Crippen LogP contribution < -0.4 is 10.2 Å². The van der Waals surface area contributed by atoms with Gasteiger partial charge in [-0.3, -0.25) is 35.1 Å². The molecule has 1 N–H and O–H groups in total. The van der Waals surface area contributed by atoms with Crippen LogP contribution in [0, 0.1) is 31.6 Å². The number of anilines is 2. The Labute approximate surface area is 249 Å². The van der Waals surface area contributed by atoms with E-state index in [0.717, 1.165) is 13.2 Å². The maximum absolute atomic E-state index is 12.3. The molecule has 44 heavy (non-hydrogen) atoms. The minimum absolute atomic E-state index is 0.00516. The lowest BCUT2D eigenvalue weighted by Crippen LogP contribution is -2.27. The number of azo groups is 1. The molecule has 0 unspecified atom stereocenters. The standard InChI is InChI=1S/C28H25N7O9/c1-3-33(12-11-26(37)44-17-25(36)18-7-5-4-6-8-18)20-9-10-22(23(14-20)30-28(38)43-2)31-32-27-19(16-29)13-21(34(39)40)15-24(27)35(41)42/h4-10,13-15H,3,11-12,17H2,1-2H3,(H,30,38)/b32-31+. The van der Waals surface area contributed by atoms with Gasteiger partial charge in [0, 0.05) is 30.4 Å². The van der Waals surface area contributed by atoms with Gasteiger partial charge in [-0.1, -0.05) is 30.3 Å². The average molecular weight is 604 g/mol. The topological polar surface area (TPSA) is 220 Å². The van der Waals surface area contributed by atoms with Crippen LogP contribution in [0.3, 0.4) is 0 Å². The molecular formula is C28H25N7O9. The van der Waals surface area contributed by atoms with Gasteiger partial charge in [-0.05, 0) is 25.1 Å². The number of benzene rings is 3. The number of hydrogen-bond donors (Lipinski definition) is 1. The van der Waals surface area contributed by atoms with Gasteiger partial charge in [-0.15, -0.1) is 10.2 Å². The largest absolute Gasteiger partial charge is 0.457 e. The molecule has 1 amide bonds. The lowest BCUT2D eigenvalue weighted by molar-refractivity contribution is -0.393. The van der Waals surface area contributed by atoms with Gasteiger partial charge in [-0.2, -0.15) is 5.26 Å². The first-order valence-electron chi connectivity index (χ1n) is 12.8. The summed E-state index contributed by atoms with van der Waals surface area (Å²) in [6.07, 6.45) is -0.926. The second kappa shape index (κ2) is 15.1. The van der Waals surface area contributed by atoms with E-state index < -0.39 is 51.1 Å². The molecule has 0 fully saturated rings. The maximum atomic E-state index is 12.3. The lowest BCUT2D eigenvalue weighted by Gasteiger charge is -2.23. The average Bonchev–Trinajstić information content (AvgIpc) is 3.03. The number of carbonyl (C=O) groups is 3. The highest BCUT2D eigenvalue weighted by atomic mass is 16.6. The minimum Gasteiger partial charge on any atom is -0.457 e. The number of rotatable bonds is 13. The lowest BCUT2D eigenvalue weighted by atomic mass is 10.1. The van der Waals surface area contributed by atoms with Gasteiger partial charge in [0.15, 0.2) is 18.1 Å². The first kappa shape index (κ1) is 32.3. The number of nitrogens with one attached hydrogen (secondary N) is 1. The summed E-state index contributed by atoms with van der Waals surface area (Å²) in [5.41, 5.74) is -1.43. The summed E-state index contributed by atoms with van der Waals surface area (Å²) in [6, 6.07) is 16.0. The third kappa shape index (κ3) is 8.39. The van der Waals surface area contributed by atoms with Gasteiger partial charge >= 0.3 is 17.7 Å². The zero-order chi connectivity index (χ0) is 32.2. The third-order valence-electron chi connectivity index (χ3n) is 6.06. The monoisotopic (exact) mass is 603 g/mol. The number of ketones is 1. The fourth-order valence-corrected chi connectivity index (χ4v) is 3.83. The second-order valence-corrected chi connectivity index (χ2v) is 8.78. The number of ether oxygens (including phenoxy) is 2. The Morgan fingerprint density at radius 2 is 1.75 bits per heavy atom. The van der Waals surface area contributed by atoms with E-state index in [-0.39, 0.29) is 30.1 Å². The molecule has 3 rings (SSSR count). The van der Waals surface area contributed by atoms with E-state index in [2.05, 4.69) is 20.3 Å². The quantitative estimate of drug-likeness (QED) is 0.0831. The predicted octanol–water partition coefficient (Wildman–Crippen LogP) is 5.61. The summed E-state index contributed by atoms with van der Waals surface area (Å²) in [5, 5.41) is 42.4. The number of nitro benzene ring substituents is 2. The van der Waals surface area contributed by atoms with E-state index in [1.807, 2.05) is 6.92 Å². The van der Waals surface area contributed by atoms with Crippen LogP contribution in [0.25, 0.3) is 0 Å². The van der Waals surface area contributed by atoms with Gasteiger partial charge in [0.1, 0.15) is 11.8 Å². The van der Waals surface area contributed by atoms with E-state index in [9.17, 15) is 39.9 Å². The second-order valence-electron chi connectivity index (χ2n) is 8.78. The van der Waals surface area contributed by atoms with Crippen LogP contribution in [0.5, 0.6) is 0 Å². The first-order valence-corrected chi connectivity index (χ1v) is 12.8. The fourth-order valence-electron chi connectivity index (χ4n) is 3.83. The Morgan fingerprint density at radius 1 is 1.02 bits per heavy atom. The molecule has 0 spiro atoms. The van der Waals surface area contributed by atoms with Crippen LogP contribution in [0.1, 0.15) is 29.3 Å². The van der Waals surface area contributed by atoms with Crippen molar-refractivity contribution in [2.75, 3.05) is 37.0 Å². The molecule has 0 atom stereocenters. The van der Waals surface area contributed by atoms with Crippen LogP contribution in [-0.2, 0) is 14.3 Å². The Hall–Kier alpha value is -6.24. The summed E-state index contributed by atoms with van der Waals surface area (Å²) >= 11 is 0. The van der Waals surface area contributed by atoms with Crippen molar-refractivity contribution < 1.29 is 33.7 Å². The number of Topliss-reactive ketones (excluding diaryl/α,β-unsaturated/α-hetero) is 1. The normalized spacial score (nSPS) is 10.5. The number of nitriles is 1. The number of non-ortho nitro benzene ring substituents is 1. The van der Waals surface area contributed by atoms with Crippen LogP contribution >= 0.6 is 0 Å². The molecule has 3 aromatic carbocycles. The minimum atomic E-state index is -0.930. The summed E-state index contributed by atoms with van der Waals surface area (Å²) in [6.45, 7) is 2.04. The smallest absolute Gasteiger partial charge is 0.411 e. The maximum Gasteiger partial charge on any atom is 0.411 e. The van der Waals surface area contributed by atoms with Crippen LogP contribution in [0.2, 0.25) is 0 Å². The zero-order valence-corrected chi connectivity index (χ0v) is 23.5. The summed E-state index contributed by atoms with van der Waals surface area (Å²) < 4.78 is 9.77. The molecule has 0 aliphatic rings. The molecule has 0 heterocycles. The number of nitro groups is 2. The number of nitrogens with zero attached hydrogens (tertiary/aromatic N) is 6. The van der Waals surface area contributed by atoms with Crippen molar-refractivity contribution in [3.8, 4) is 6.07 Å². The molecule has 0 aliphatic carbocycles. The van der Waals surface area contributed by atoms with Crippen molar-refractivity contribution in [2.24, 2.45) is 10.2 Å². The Morgan fingerprint density at radius 3 is 2.36 bits per heavy atom. The van der Waals surface area contributed by atoms with E-state index in [1.54, 1.807) is 47.4 Å². The highest BCUT2D eigenvalue weighted by molar-refractivity contribution is 5.97. The molecule has 0 saturated carbocycles. The van der Waals surface area contributed by atoms with Gasteiger partial charge in [0.05, 0.1) is 40.7 Å². The summed E-state index contributed by atoms with van der Waals surface area (Å²) in [7, 11) is 1.13. The number of esters is 1. The van der Waals surface area contributed by atoms with Gasteiger partial charge in [-0.25, -0.2) is 4.79 Å². The fraction of sp³-hybridized carbons (Fsp3) is 0.214. The molecular weight excluding hydrogens is 578 g/mol. The third-order valence-corrected chi connectivity index (χ3v) is 6.06. The van der Waals surface area contributed by atoms with E-state index in [1.165, 1.54) is 12.1 Å². The highest BCUT2D eigenvalue weighted by Gasteiger charge is 2.25. The van der Waals surface area contributed by atoms with Crippen molar-refractivity contribution in [1.82, 2.24) is 0 Å². The summed E-state index contributed by atoms with van der Waals surface area (Å²) in [4.78, 5) is 59.3. The molecule has 0 radical (unpaired) electrons. The van der Waals surface area contributed by atoms with Gasteiger partial charge in [0.2, 0.25) is 0 Å².